The summed E-state index contributed by atoms with van der Waals surface area (Å²) in [6, 6.07) is 5.24. The van der Waals surface area contributed by atoms with E-state index in [1.807, 2.05) is 0 Å². The number of rotatable bonds is 6. The molecule has 0 saturated carbocycles. The molecule has 6 heteroatoms. The number of carbonyl (C=O) groups is 1. The molecule has 0 radical (unpaired) electrons. The second-order valence-electron chi connectivity index (χ2n) is 4.62. The number of furan rings is 1. The van der Waals surface area contributed by atoms with E-state index < -0.39 is 11.4 Å². The molecular weight excluding hydrogens is 246 g/mol. The van der Waals surface area contributed by atoms with Gasteiger partial charge in [0.15, 0.2) is 0 Å². The van der Waals surface area contributed by atoms with E-state index in [1.165, 1.54) is 12.5 Å². The molecule has 0 bridgehead atoms. The minimum absolute atomic E-state index is 0.0620. The molecule has 0 spiro atoms. The molecule has 102 valence electrons. The SMILES string of the molecule is CC(C)(CO)N/C=C(/C#N)C(=O)NCc1ccco1. The summed E-state index contributed by atoms with van der Waals surface area (Å²) in [4.78, 5) is 11.7. The smallest absolute Gasteiger partial charge is 0.263 e. The molecule has 3 N–H and O–H groups in total. The van der Waals surface area contributed by atoms with Crippen LogP contribution in [0.25, 0.3) is 0 Å². The van der Waals surface area contributed by atoms with Gasteiger partial charge in [0.25, 0.3) is 5.91 Å². The first-order chi connectivity index (χ1) is 8.98. The van der Waals surface area contributed by atoms with Crippen molar-refractivity contribution in [1.29, 1.82) is 5.26 Å². The van der Waals surface area contributed by atoms with Crippen LogP contribution in [0.2, 0.25) is 0 Å². The van der Waals surface area contributed by atoms with E-state index in [4.69, 9.17) is 14.8 Å². The van der Waals surface area contributed by atoms with Gasteiger partial charge in [0, 0.05) is 6.20 Å². The molecule has 0 saturated heterocycles. The number of nitrogens with zero attached hydrogens (tertiary/aromatic N) is 1. The van der Waals surface area contributed by atoms with Crippen molar-refractivity contribution in [3.63, 3.8) is 0 Å². The van der Waals surface area contributed by atoms with E-state index in [9.17, 15) is 4.79 Å². The largest absolute Gasteiger partial charge is 0.467 e. The maximum Gasteiger partial charge on any atom is 0.263 e. The normalized spacial score (nSPS) is 11.8. The molecule has 1 heterocycles. The topological polar surface area (TPSA) is 98.3 Å². The van der Waals surface area contributed by atoms with Crippen LogP contribution in [0.3, 0.4) is 0 Å². The molecule has 6 nitrogen and oxygen atoms in total. The first-order valence-electron chi connectivity index (χ1n) is 5.78. The summed E-state index contributed by atoms with van der Waals surface area (Å²) in [5.74, 6) is 0.106. The lowest BCUT2D eigenvalue weighted by molar-refractivity contribution is -0.117. The fraction of sp³-hybridized carbons (Fsp3) is 0.385. The number of carbonyl (C=O) groups excluding carboxylic acids is 1. The number of amides is 1. The number of aliphatic hydroxyl groups is 1. The Balaban J connectivity index is 2.57. The fourth-order valence-electron chi connectivity index (χ4n) is 1.14. The highest BCUT2D eigenvalue weighted by Gasteiger charge is 2.15. The second kappa shape index (κ2) is 6.61. The van der Waals surface area contributed by atoms with Crippen molar-refractivity contribution in [3.05, 3.63) is 35.9 Å². The van der Waals surface area contributed by atoms with Crippen molar-refractivity contribution in [2.75, 3.05) is 6.61 Å². The lowest BCUT2D eigenvalue weighted by atomic mass is 10.1. The van der Waals surface area contributed by atoms with Crippen LogP contribution in [0.15, 0.2) is 34.6 Å². The van der Waals surface area contributed by atoms with E-state index in [-0.39, 0.29) is 18.7 Å². The molecule has 19 heavy (non-hydrogen) atoms. The van der Waals surface area contributed by atoms with Gasteiger partial charge in [-0.15, -0.1) is 0 Å². The van der Waals surface area contributed by atoms with Gasteiger partial charge in [-0.05, 0) is 26.0 Å². The standard InChI is InChI=1S/C13H17N3O3/c1-13(2,9-17)16-7-10(6-14)12(18)15-8-11-4-3-5-19-11/h3-5,7,16-17H,8-9H2,1-2H3,(H,15,18)/b10-7-. The first-order valence-corrected chi connectivity index (χ1v) is 5.78. The summed E-state index contributed by atoms with van der Waals surface area (Å²) < 4.78 is 5.06. The molecule has 1 rings (SSSR count). The van der Waals surface area contributed by atoms with Crippen molar-refractivity contribution >= 4 is 5.91 Å². The van der Waals surface area contributed by atoms with E-state index in [1.54, 1.807) is 32.0 Å². The number of aliphatic hydroxyl groups excluding tert-OH is 1. The maximum absolute atomic E-state index is 11.7. The molecule has 0 aliphatic rings. The fourth-order valence-corrected chi connectivity index (χ4v) is 1.14. The van der Waals surface area contributed by atoms with Crippen molar-refractivity contribution in [2.45, 2.75) is 25.9 Å². The number of nitriles is 1. The average Bonchev–Trinajstić information content (AvgIpc) is 2.90. The summed E-state index contributed by atoms with van der Waals surface area (Å²) in [6.07, 6.45) is 2.81. The Bertz CT molecular complexity index is 484. The lowest BCUT2D eigenvalue weighted by Crippen LogP contribution is -2.40. The Morgan fingerprint density at radius 3 is 2.89 bits per heavy atom. The van der Waals surface area contributed by atoms with Crippen LogP contribution in [-0.2, 0) is 11.3 Å². The molecule has 0 unspecified atom stereocenters. The summed E-state index contributed by atoms with van der Waals surface area (Å²) >= 11 is 0. The van der Waals surface area contributed by atoms with E-state index in [2.05, 4.69) is 10.6 Å². The Hall–Kier alpha value is -2.26. The minimum atomic E-state index is -0.594. The van der Waals surface area contributed by atoms with Crippen LogP contribution in [0.4, 0.5) is 0 Å². The molecule has 0 aliphatic heterocycles. The van der Waals surface area contributed by atoms with Gasteiger partial charge < -0.3 is 20.2 Å². The number of nitrogens with one attached hydrogen (secondary N) is 2. The summed E-state index contributed by atoms with van der Waals surface area (Å²) in [5, 5.41) is 23.4. The van der Waals surface area contributed by atoms with Crippen molar-refractivity contribution < 1.29 is 14.3 Å². The monoisotopic (exact) mass is 263 g/mol. The van der Waals surface area contributed by atoms with E-state index >= 15 is 0 Å². The second-order valence-corrected chi connectivity index (χ2v) is 4.62. The lowest BCUT2D eigenvalue weighted by Gasteiger charge is -2.22. The van der Waals surface area contributed by atoms with Crippen LogP contribution < -0.4 is 10.6 Å². The average molecular weight is 263 g/mol. The number of hydrogen-bond acceptors (Lipinski definition) is 5. The molecule has 1 amide bonds. The highest BCUT2D eigenvalue weighted by Crippen LogP contribution is 2.02. The highest BCUT2D eigenvalue weighted by atomic mass is 16.3. The Morgan fingerprint density at radius 1 is 1.63 bits per heavy atom. The van der Waals surface area contributed by atoms with Crippen LogP contribution in [-0.4, -0.2) is 23.2 Å². The predicted molar refractivity (Wildman–Crippen MR) is 68.6 cm³/mol. The Labute approximate surface area is 111 Å². The maximum atomic E-state index is 11.7. The van der Waals surface area contributed by atoms with Crippen molar-refractivity contribution in [1.82, 2.24) is 10.6 Å². The highest BCUT2D eigenvalue weighted by molar-refractivity contribution is 5.97. The Morgan fingerprint density at radius 2 is 2.37 bits per heavy atom. The molecular formula is C13H17N3O3. The molecule has 0 aromatic carbocycles. The molecule has 1 aromatic rings. The van der Waals surface area contributed by atoms with Crippen molar-refractivity contribution in [3.8, 4) is 6.07 Å². The molecule has 1 aromatic heterocycles. The first kappa shape index (κ1) is 14.8. The quantitative estimate of drug-likeness (QED) is 0.517. The third-order valence-corrected chi connectivity index (χ3v) is 2.37. The molecule has 0 atom stereocenters. The third-order valence-electron chi connectivity index (χ3n) is 2.37. The Kier molecular flexibility index (Phi) is 5.15. The van der Waals surface area contributed by atoms with Crippen LogP contribution in [0, 0.1) is 11.3 Å². The van der Waals surface area contributed by atoms with Crippen LogP contribution in [0.5, 0.6) is 0 Å². The van der Waals surface area contributed by atoms with Crippen molar-refractivity contribution in [2.24, 2.45) is 0 Å². The zero-order valence-electron chi connectivity index (χ0n) is 10.9. The van der Waals surface area contributed by atoms with Gasteiger partial charge in [0.2, 0.25) is 0 Å². The van der Waals surface area contributed by atoms with Gasteiger partial charge in [-0.1, -0.05) is 0 Å². The predicted octanol–water partition coefficient (Wildman–Crippen LogP) is 0.664. The van der Waals surface area contributed by atoms with Gasteiger partial charge in [-0.2, -0.15) is 5.26 Å². The third kappa shape index (κ3) is 4.85. The van der Waals surface area contributed by atoms with Crippen LogP contribution >= 0.6 is 0 Å². The zero-order chi connectivity index (χ0) is 14.3. The number of hydrogen-bond donors (Lipinski definition) is 3. The molecule has 0 fully saturated rings. The van der Waals surface area contributed by atoms with Crippen LogP contribution in [0.1, 0.15) is 19.6 Å². The summed E-state index contributed by atoms with van der Waals surface area (Å²) in [5.41, 5.74) is -0.656. The summed E-state index contributed by atoms with van der Waals surface area (Å²) in [7, 11) is 0. The zero-order valence-corrected chi connectivity index (χ0v) is 10.9. The molecule has 0 aliphatic carbocycles. The van der Waals surface area contributed by atoms with Gasteiger partial charge in [-0.3, -0.25) is 4.79 Å². The van der Waals surface area contributed by atoms with Gasteiger partial charge >= 0.3 is 0 Å². The van der Waals surface area contributed by atoms with Gasteiger partial charge in [0.1, 0.15) is 17.4 Å². The van der Waals surface area contributed by atoms with Gasteiger partial charge in [-0.25, -0.2) is 0 Å². The van der Waals surface area contributed by atoms with E-state index in [0.29, 0.717) is 5.76 Å². The van der Waals surface area contributed by atoms with E-state index in [0.717, 1.165) is 0 Å². The minimum Gasteiger partial charge on any atom is -0.467 e. The van der Waals surface area contributed by atoms with Gasteiger partial charge in [0.05, 0.1) is 25.0 Å². The summed E-state index contributed by atoms with van der Waals surface area (Å²) in [6.45, 7) is 3.60.